The molecule has 1 atom stereocenters. The number of anilines is 1. The zero-order valence-electron chi connectivity index (χ0n) is 17.6. The third-order valence-electron chi connectivity index (χ3n) is 5.28. The lowest BCUT2D eigenvalue weighted by atomic mass is 10.0. The number of nitrogens with zero attached hydrogens (tertiary/aromatic N) is 1. The molecule has 3 aromatic rings. The second-order valence-electron chi connectivity index (χ2n) is 7.48. The molecule has 168 valence electrons. The summed E-state index contributed by atoms with van der Waals surface area (Å²) in [6.07, 6.45) is 1.43. The zero-order chi connectivity index (χ0) is 22.5. The number of halogens is 1. The molecule has 1 aliphatic rings. The average molecular weight is 458 g/mol. The summed E-state index contributed by atoms with van der Waals surface area (Å²) in [4.78, 5) is 27.8. The van der Waals surface area contributed by atoms with E-state index in [9.17, 15) is 14.0 Å². The average Bonchev–Trinajstić information content (AvgIpc) is 3.45. The lowest BCUT2D eigenvalue weighted by molar-refractivity contribution is 0.0162. The van der Waals surface area contributed by atoms with Crippen LogP contribution in [-0.4, -0.2) is 49.6 Å². The maximum absolute atomic E-state index is 13.9. The summed E-state index contributed by atoms with van der Waals surface area (Å²) in [6.45, 7) is 4.76. The van der Waals surface area contributed by atoms with Crippen LogP contribution in [0.25, 0.3) is 0 Å². The molecule has 0 spiro atoms. The molecule has 4 rings (SSSR count). The van der Waals surface area contributed by atoms with Crippen LogP contribution >= 0.6 is 11.3 Å². The van der Waals surface area contributed by atoms with Gasteiger partial charge in [0, 0.05) is 19.6 Å². The fraction of sp³-hybridized carbons (Fsp3) is 0.304. The second-order valence-corrected chi connectivity index (χ2v) is 8.54. The summed E-state index contributed by atoms with van der Waals surface area (Å²) in [5.74, 6) is -0.717. The van der Waals surface area contributed by atoms with Gasteiger partial charge in [-0.05, 0) is 48.4 Å². The first-order valence-corrected chi connectivity index (χ1v) is 11.1. The Morgan fingerprint density at radius 1 is 1.16 bits per heavy atom. The van der Waals surface area contributed by atoms with E-state index in [4.69, 9.17) is 9.15 Å². The SMILES string of the molecule is Cc1cc(NC(=O)c2ccco2)sc1C(=O)NCC(c1cccc(F)c1)N1CCOCC1. The summed E-state index contributed by atoms with van der Waals surface area (Å²) < 4.78 is 24.4. The molecule has 0 bridgehead atoms. The van der Waals surface area contributed by atoms with Crippen molar-refractivity contribution >= 4 is 28.2 Å². The van der Waals surface area contributed by atoms with Crippen molar-refractivity contribution in [2.24, 2.45) is 0 Å². The van der Waals surface area contributed by atoms with Gasteiger partial charge in [-0.1, -0.05) is 12.1 Å². The molecule has 1 fully saturated rings. The molecule has 1 unspecified atom stereocenters. The van der Waals surface area contributed by atoms with Crippen LogP contribution in [0, 0.1) is 12.7 Å². The standard InChI is InChI=1S/C23H24FN3O4S/c1-15-12-20(26-22(28)19-6-3-9-31-19)32-21(15)23(29)25-14-18(27-7-10-30-11-8-27)16-4-2-5-17(24)13-16/h2-6,9,12-13,18H,7-8,10-11,14H2,1H3,(H,25,29)(H,26,28). The highest BCUT2D eigenvalue weighted by molar-refractivity contribution is 7.18. The third kappa shape index (κ3) is 5.24. The van der Waals surface area contributed by atoms with E-state index >= 15 is 0 Å². The highest BCUT2D eigenvalue weighted by Crippen LogP contribution is 2.28. The zero-order valence-corrected chi connectivity index (χ0v) is 18.4. The normalized spacial score (nSPS) is 15.3. The van der Waals surface area contributed by atoms with Crippen LogP contribution in [0.1, 0.15) is 37.4 Å². The van der Waals surface area contributed by atoms with Crippen molar-refractivity contribution < 1.29 is 23.1 Å². The first kappa shape index (κ1) is 22.2. The predicted molar refractivity (Wildman–Crippen MR) is 120 cm³/mol. The van der Waals surface area contributed by atoms with Gasteiger partial charge in [-0.15, -0.1) is 11.3 Å². The largest absolute Gasteiger partial charge is 0.459 e. The monoisotopic (exact) mass is 457 g/mol. The van der Waals surface area contributed by atoms with Gasteiger partial charge in [0.25, 0.3) is 11.8 Å². The van der Waals surface area contributed by atoms with Crippen LogP contribution in [0.3, 0.4) is 0 Å². The Morgan fingerprint density at radius 3 is 2.69 bits per heavy atom. The molecule has 0 radical (unpaired) electrons. The number of hydrogen-bond acceptors (Lipinski definition) is 6. The first-order chi connectivity index (χ1) is 15.5. The number of amides is 2. The highest BCUT2D eigenvalue weighted by atomic mass is 32.1. The van der Waals surface area contributed by atoms with E-state index in [0.717, 1.165) is 11.1 Å². The predicted octanol–water partition coefficient (Wildman–Crippen LogP) is 3.84. The Labute approximate surface area is 189 Å². The van der Waals surface area contributed by atoms with E-state index < -0.39 is 0 Å². The molecule has 1 aromatic carbocycles. The van der Waals surface area contributed by atoms with Crippen molar-refractivity contribution in [2.45, 2.75) is 13.0 Å². The Balaban J connectivity index is 1.45. The summed E-state index contributed by atoms with van der Waals surface area (Å²) in [5.41, 5.74) is 1.57. The van der Waals surface area contributed by atoms with Crippen molar-refractivity contribution in [3.63, 3.8) is 0 Å². The first-order valence-electron chi connectivity index (χ1n) is 10.3. The fourth-order valence-electron chi connectivity index (χ4n) is 3.68. The fourth-order valence-corrected chi connectivity index (χ4v) is 4.66. The van der Waals surface area contributed by atoms with Gasteiger partial charge >= 0.3 is 0 Å². The number of benzene rings is 1. The van der Waals surface area contributed by atoms with Crippen LogP contribution in [0.4, 0.5) is 9.39 Å². The van der Waals surface area contributed by atoms with Gasteiger partial charge < -0.3 is 19.8 Å². The molecular formula is C23H24FN3O4S. The van der Waals surface area contributed by atoms with E-state index in [-0.39, 0.29) is 29.4 Å². The summed E-state index contributed by atoms with van der Waals surface area (Å²) in [5, 5.41) is 6.29. The van der Waals surface area contributed by atoms with Gasteiger partial charge in [0.1, 0.15) is 5.82 Å². The number of hydrogen-bond donors (Lipinski definition) is 2. The number of thiophene rings is 1. The number of aryl methyl sites for hydroxylation is 1. The number of morpholine rings is 1. The van der Waals surface area contributed by atoms with E-state index in [0.29, 0.717) is 42.7 Å². The van der Waals surface area contributed by atoms with Crippen molar-refractivity contribution in [3.05, 3.63) is 76.3 Å². The van der Waals surface area contributed by atoms with E-state index in [1.807, 2.05) is 13.0 Å². The molecule has 0 saturated carbocycles. The molecule has 2 amide bonds. The van der Waals surface area contributed by atoms with Crippen LogP contribution in [0.5, 0.6) is 0 Å². The Bertz CT molecular complexity index is 1080. The lowest BCUT2D eigenvalue weighted by Crippen LogP contribution is -2.43. The molecular weight excluding hydrogens is 433 g/mol. The molecule has 9 heteroatoms. The summed E-state index contributed by atoms with van der Waals surface area (Å²) in [7, 11) is 0. The lowest BCUT2D eigenvalue weighted by Gasteiger charge is -2.35. The van der Waals surface area contributed by atoms with E-state index in [2.05, 4.69) is 15.5 Å². The maximum Gasteiger partial charge on any atom is 0.291 e. The van der Waals surface area contributed by atoms with Gasteiger partial charge in [-0.25, -0.2) is 4.39 Å². The summed E-state index contributed by atoms with van der Waals surface area (Å²) in [6, 6.07) is 11.3. The number of carbonyl (C=O) groups excluding carboxylic acids is 2. The number of nitrogens with one attached hydrogen (secondary N) is 2. The van der Waals surface area contributed by atoms with E-state index in [1.165, 1.54) is 29.7 Å². The van der Waals surface area contributed by atoms with Gasteiger partial charge in [0.05, 0.1) is 35.4 Å². The maximum atomic E-state index is 13.9. The van der Waals surface area contributed by atoms with Gasteiger partial charge in [-0.2, -0.15) is 0 Å². The Morgan fingerprint density at radius 2 is 1.97 bits per heavy atom. The third-order valence-corrected chi connectivity index (χ3v) is 6.43. The van der Waals surface area contributed by atoms with E-state index in [1.54, 1.807) is 24.3 Å². The number of carbonyl (C=O) groups is 2. The molecule has 7 nitrogen and oxygen atoms in total. The molecule has 2 aromatic heterocycles. The minimum atomic E-state index is -0.373. The Kier molecular flexibility index (Phi) is 6.99. The quantitative estimate of drug-likeness (QED) is 0.563. The molecule has 3 heterocycles. The van der Waals surface area contributed by atoms with Crippen molar-refractivity contribution in [1.82, 2.24) is 10.2 Å². The van der Waals surface area contributed by atoms with Gasteiger partial charge in [-0.3, -0.25) is 14.5 Å². The number of furan rings is 1. The topological polar surface area (TPSA) is 83.8 Å². The van der Waals surface area contributed by atoms with Crippen LogP contribution in [0.2, 0.25) is 0 Å². The van der Waals surface area contributed by atoms with Crippen molar-refractivity contribution in [3.8, 4) is 0 Å². The second kappa shape index (κ2) is 10.1. The Hall–Kier alpha value is -3.01. The molecule has 1 aliphatic heterocycles. The van der Waals surface area contributed by atoms with Gasteiger partial charge in [0.15, 0.2) is 5.76 Å². The molecule has 2 N–H and O–H groups in total. The van der Waals surface area contributed by atoms with Gasteiger partial charge in [0.2, 0.25) is 0 Å². The minimum absolute atomic E-state index is 0.169. The molecule has 1 saturated heterocycles. The molecule has 32 heavy (non-hydrogen) atoms. The van der Waals surface area contributed by atoms with Crippen LogP contribution < -0.4 is 10.6 Å². The smallest absolute Gasteiger partial charge is 0.291 e. The van der Waals surface area contributed by atoms with Crippen molar-refractivity contribution in [1.29, 1.82) is 0 Å². The number of rotatable bonds is 7. The summed E-state index contributed by atoms with van der Waals surface area (Å²) >= 11 is 1.20. The van der Waals surface area contributed by atoms with Crippen molar-refractivity contribution in [2.75, 3.05) is 38.2 Å². The van der Waals surface area contributed by atoms with Crippen LogP contribution in [-0.2, 0) is 4.74 Å². The minimum Gasteiger partial charge on any atom is -0.459 e. The molecule has 0 aliphatic carbocycles. The highest BCUT2D eigenvalue weighted by Gasteiger charge is 2.24. The van der Waals surface area contributed by atoms with Crippen LogP contribution in [0.15, 0.2) is 53.1 Å². The number of ether oxygens (including phenoxy) is 1.